The van der Waals surface area contributed by atoms with Crippen molar-refractivity contribution in [1.82, 2.24) is 15.2 Å². The molecule has 1 saturated heterocycles. The van der Waals surface area contributed by atoms with Gasteiger partial charge < -0.3 is 10.2 Å². The maximum atomic E-state index is 13.1. The minimum Gasteiger partial charge on any atom is -0.353 e. The molecule has 0 unspecified atom stereocenters. The summed E-state index contributed by atoms with van der Waals surface area (Å²) in [5.41, 5.74) is -1.49. The fourth-order valence-electron chi connectivity index (χ4n) is 2.82. The maximum absolute atomic E-state index is 13.1. The molecule has 1 N–H and O–H groups in total. The van der Waals surface area contributed by atoms with E-state index in [4.69, 9.17) is 5.26 Å². The SMILES string of the molecule is CC(=O)N1CCC(NC(=O)CSc2nc(C)cc(C(F)(F)F)c2C#N)CC1. The number of aromatic nitrogens is 1. The Morgan fingerprint density at radius 3 is 2.56 bits per heavy atom. The molecule has 2 amide bonds. The molecule has 6 nitrogen and oxygen atoms in total. The number of likely N-dealkylation sites (tertiary alicyclic amines) is 1. The molecule has 2 rings (SSSR count). The molecule has 0 atom stereocenters. The smallest absolute Gasteiger partial charge is 0.353 e. The van der Waals surface area contributed by atoms with Gasteiger partial charge in [0.1, 0.15) is 11.1 Å². The van der Waals surface area contributed by atoms with E-state index in [2.05, 4.69) is 10.3 Å². The Morgan fingerprint density at radius 1 is 1.41 bits per heavy atom. The van der Waals surface area contributed by atoms with Gasteiger partial charge in [0.05, 0.1) is 16.9 Å². The first-order valence-electron chi connectivity index (χ1n) is 8.28. The van der Waals surface area contributed by atoms with Gasteiger partial charge in [-0.1, -0.05) is 11.8 Å². The number of pyridine rings is 1. The topological polar surface area (TPSA) is 86.1 Å². The third-order valence-corrected chi connectivity index (χ3v) is 5.15. The van der Waals surface area contributed by atoms with Crippen molar-refractivity contribution in [2.24, 2.45) is 0 Å². The first-order chi connectivity index (χ1) is 12.6. The lowest BCUT2D eigenvalue weighted by atomic mass is 10.1. The van der Waals surface area contributed by atoms with Gasteiger partial charge in [-0.05, 0) is 25.8 Å². The quantitative estimate of drug-likeness (QED) is 0.785. The van der Waals surface area contributed by atoms with Crippen molar-refractivity contribution in [3.05, 3.63) is 22.9 Å². The number of hydrogen-bond donors (Lipinski definition) is 1. The number of piperidine rings is 1. The highest BCUT2D eigenvalue weighted by Crippen LogP contribution is 2.35. The van der Waals surface area contributed by atoms with Crippen LogP contribution in [0.3, 0.4) is 0 Å². The predicted octanol–water partition coefficient (Wildman–Crippen LogP) is 2.50. The number of nitriles is 1. The molecule has 0 spiro atoms. The lowest BCUT2D eigenvalue weighted by molar-refractivity contribution is -0.138. The number of carbonyl (C=O) groups is 2. The molecule has 146 valence electrons. The van der Waals surface area contributed by atoms with Gasteiger partial charge in [0, 0.05) is 31.7 Å². The Kier molecular flexibility index (Phi) is 6.70. The molecule has 0 aliphatic carbocycles. The minimum absolute atomic E-state index is 0.00893. The average Bonchev–Trinajstić information content (AvgIpc) is 2.59. The van der Waals surface area contributed by atoms with Gasteiger partial charge in [0.2, 0.25) is 11.8 Å². The van der Waals surface area contributed by atoms with Gasteiger partial charge in [-0.15, -0.1) is 0 Å². The first kappa shape index (κ1) is 21.0. The summed E-state index contributed by atoms with van der Waals surface area (Å²) in [7, 11) is 0. The highest BCUT2D eigenvalue weighted by Gasteiger charge is 2.35. The lowest BCUT2D eigenvalue weighted by Crippen LogP contribution is -2.46. The summed E-state index contributed by atoms with van der Waals surface area (Å²) in [6, 6.07) is 2.29. The summed E-state index contributed by atoms with van der Waals surface area (Å²) < 4.78 is 39.3. The van der Waals surface area contributed by atoms with Crippen LogP contribution in [0.2, 0.25) is 0 Å². The number of halogens is 3. The van der Waals surface area contributed by atoms with E-state index in [0.717, 1.165) is 17.8 Å². The molecule has 1 fully saturated rings. The summed E-state index contributed by atoms with van der Waals surface area (Å²) in [4.78, 5) is 29.1. The number of rotatable bonds is 4. The number of aryl methyl sites for hydroxylation is 1. The molecule has 0 aromatic carbocycles. The number of nitrogens with one attached hydrogen (secondary N) is 1. The highest BCUT2D eigenvalue weighted by molar-refractivity contribution is 8.00. The molecule has 0 radical (unpaired) electrons. The second-order valence-corrected chi connectivity index (χ2v) is 7.20. The number of nitrogens with zero attached hydrogens (tertiary/aromatic N) is 3. The van der Waals surface area contributed by atoms with E-state index in [1.165, 1.54) is 13.8 Å². The third-order valence-electron chi connectivity index (χ3n) is 4.18. The van der Waals surface area contributed by atoms with Crippen molar-refractivity contribution in [3.63, 3.8) is 0 Å². The summed E-state index contributed by atoms with van der Waals surface area (Å²) in [6.45, 7) is 4.01. The van der Waals surface area contributed by atoms with E-state index in [-0.39, 0.29) is 34.3 Å². The Bertz CT molecular complexity index is 769. The van der Waals surface area contributed by atoms with E-state index >= 15 is 0 Å². The van der Waals surface area contributed by atoms with Crippen LogP contribution in [-0.2, 0) is 15.8 Å². The molecule has 1 aromatic rings. The molecule has 1 aliphatic heterocycles. The van der Waals surface area contributed by atoms with Gasteiger partial charge >= 0.3 is 6.18 Å². The van der Waals surface area contributed by atoms with Crippen molar-refractivity contribution >= 4 is 23.6 Å². The summed E-state index contributed by atoms with van der Waals surface area (Å²) in [6.07, 6.45) is -3.41. The van der Waals surface area contributed by atoms with Crippen LogP contribution in [0.5, 0.6) is 0 Å². The molecule has 1 aromatic heterocycles. The van der Waals surface area contributed by atoms with Crippen molar-refractivity contribution in [3.8, 4) is 6.07 Å². The highest BCUT2D eigenvalue weighted by atomic mass is 32.2. The first-order valence-corrected chi connectivity index (χ1v) is 9.27. The standard InChI is InChI=1S/C17H19F3N4O2S/c1-10-7-14(17(18,19)20)13(8-21)16(22-10)27-9-15(26)23-12-3-5-24(6-4-12)11(2)25/h7,12H,3-6,9H2,1-2H3,(H,23,26). The van der Waals surface area contributed by atoms with Crippen LogP contribution < -0.4 is 5.32 Å². The van der Waals surface area contributed by atoms with Crippen molar-refractivity contribution in [2.45, 2.75) is 43.9 Å². The zero-order valence-corrected chi connectivity index (χ0v) is 15.7. The van der Waals surface area contributed by atoms with Crippen molar-refractivity contribution in [2.75, 3.05) is 18.8 Å². The largest absolute Gasteiger partial charge is 0.417 e. The molecule has 0 bridgehead atoms. The van der Waals surface area contributed by atoms with E-state index in [9.17, 15) is 22.8 Å². The molecular weight excluding hydrogens is 381 g/mol. The normalized spacial score (nSPS) is 15.3. The lowest BCUT2D eigenvalue weighted by Gasteiger charge is -2.31. The Morgan fingerprint density at radius 2 is 2.04 bits per heavy atom. The molecule has 1 aliphatic rings. The van der Waals surface area contributed by atoms with Crippen molar-refractivity contribution in [1.29, 1.82) is 5.26 Å². The monoisotopic (exact) mass is 400 g/mol. The molecular formula is C17H19F3N4O2S. The van der Waals surface area contributed by atoms with E-state index in [1.54, 1.807) is 11.0 Å². The number of alkyl halides is 3. The summed E-state index contributed by atoms with van der Waals surface area (Å²) in [5.74, 6) is -0.498. The Balaban J connectivity index is 1.99. The van der Waals surface area contributed by atoms with Crippen LogP contribution in [0, 0.1) is 18.3 Å². The van der Waals surface area contributed by atoms with E-state index < -0.39 is 17.3 Å². The Labute approximate surface area is 159 Å². The van der Waals surface area contributed by atoms with Gasteiger partial charge in [0.25, 0.3) is 0 Å². The van der Waals surface area contributed by atoms with Crippen LogP contribution in [0.15, 0.2) is 11.1 Å². The van der Waals surface area contributed by atoms with E-state index in [0.29, 0.717) is 25.9 Å². The maximum Gasteiger partial charge on any atom is 0.417 e. The molecule has 10 heteroatoms. The zero-order valence-electron chi connectivity index (χ0n) is 14.9. The number of hydrogen-bond acceptors (Lipinski definition) is 5. The van der Waals surface area contributed by atoms with Gasteiger partial charge in [-0.3, -0.25) is 9.59 Å². The number of carbonyl (C=O) groups excluding carboxylic acids is 2. The van der Waals surface area contributed by atoms with Crippen molar-refractivity contribution < 1.29 is 22.8 Å². The van der Waals surface area contributed by atoms with Crippen LogP contribution in [-0.4, -0.2) is 46.6 Å². The average molecular weight is 400 g/mol. The second-order valence-electron chi connectivity index (χ2n) is 6.24. The van der Waals surface area contributed by atoms with Crippen LogP contribution >= 0.6 is 11.8 Å². The summed E-state index contributed by atoms with van der Waals surface area (Å²) >= 11 is 0.808. The van der Waals surface area contributed by atoms with Gasteiger partial charge in [-0.2, -0.15) is 18.4 Å². The van der Waals surface area contributed by atoms with E-state index in [1.807, 2.05) is 0 Å². The van der Waals surface area contributed by atoms with Crippen LogP contribution in [0.4, 0.5) is 13.2 Å². The molecule has 0 saturated carbocycles. The zero-order chi connectivity index (χ0) is 20.2. The fourth-order valence-corrected chi connectivity index (χ4v) is 3.68. The molecule has 2 heterocycles. The van der Waals surface area contributed by atoms with Gasteiger partial charge in [0.15, 0.2) is 0 Å². The van der Waals surface area contributed by atoms with Crippen LogP contribution in [0.25, 0.3) is 0 Å². The minimum atomic E-state index is -4.67. The number of thioether (sulfide) groups is 1. The summed E-state index contributed by atoms with van der Waals surface area (Å²) in [5, 5.41) is 11.8. The fraction of sp³-hybridized carbons (Fsp3) is 0.529. The van der Waals surface area contributed by atoms with Crippen LogP contribution in [0.1, 0.15) is 36.6 Å². The third kappa shape index (κ3) is 5.60. The predicted molar refractivity (Wildman–Crippen MR) is 92.8 cm³/mol. The molecule has 27 heavy (non-hydrogen) atoms. The number of amides is 2. The Hall–Kier alpha value is -2.28. The second kappa shape index (κ2) is 8.61. The van der Waals surface area contributed by atoms with Gasteiger partial charge in [-0.25, -0.2) is 4.98 Å².